The van der Waals surface area contributed by atoms with Crippen LogP contribution in [0.5, 0.6) is 0 Å². The molecule has 1 N–H and O–H groups in total. The summed E-state index contributed by atoms with van der Waals surface area (Å²) in [6.07, 6.45) is -13.4. The largest absolute Gasteiger partial charge is 0.478 e. The van der Waals surface area contributed by atoms with Crippen LogP contribution in [-0.4, -0.2) is 49.3 Å². The van der Waals surface area contributed by atoms with Gasteiger partial charge < -0.3 is 5.11 Å². The number of carboxylic acid groups (broad SMARTS) is 1. The molecule has 44 heavy (non-hydrogen) atoms. The molecule has 5 rings (SSSR count). The topological polar surface area (TPSA) is 74.7 Å². The van der Waals surface area contributed by atoms with Crippen LogP contribution in [0.1, 0.15) is 45.5 Å². The summed E-state index contributed by atoms with van der Waals surface area (Å²) in [5.41, 5.74) is -8.17. The van der Waals surface area contributed by atoms with Crippen molar-refractivity contribution in [1.29, 1.82) is 0 Å². The Labute approximate surface area is 244 Å². The molecule has 3 aromatic carbocycles. The Balaban J connectivity index is 1.66. The third-order valence-electron chi connectivity index (χ3n) is 8.45. The van der Waals surface area contributed by atoms with Crippen molar-refractivity contribution in [3.63, 3.8) is 0 Å². The van der Waals surface area contributed by atoms with E-state index in [0.29, 0.717) is 6.07 Å². The molecular weight excluding hydrogens is 629 g/mol. The standard InChI is InChI=1S/C29H22F9NO4S/c30-20-5-7-21(8-6-20)44(42,43)26-11-12-39(15-18-2-1-17(25(40)41)14-23(18)31)24(26)10-3-16-13-19(4-9-22(16)26)27(32,28(33,34)35)29(36,37)38/h1-2,4-9,13-14,24H,3,10-12,15H2,(H,40,41)/t24-,26-/m0/s1. The molecule has 0 amide bonds. The van der Waals surface area contributed by atoms with E-state index in [2.05, 4.69) is 0 Å². The summed E-state index contributed by atoms with van der Waals surface area (Å²) in [6.45, 7) is -0.231. The van der Waals surface area contributed by atoms with E-state index in [9.17, 15) is 52.7 Å². The van der Waals surface area contributed by atoms with Crippen LogP contribution in [0.25, 0.3) is 0 Å². The van der Waals surface area contributed by atoms with Crippen LogP contribution in [0.3, 0.4) is 0 Å². The normalized spacial score (nSPS) is 21.2. The average molecular weight is 652 g/mol. The fraction of sp³-hybridized carbons (Fsp3) is 0.345. The molecule has 2 atom stereocenters. The number of likely N-dealkylation sites (tertiary alicyclic amines) is 1. The van der Waals surface area contributed by atoms with Gasteiger partial charge >= 0.3 is 24.0 Å². The number of carbonyl (C=O) groups is 1. The van der Waals surface area contributed by atoms with Gasteiger partial charge in [-0.15, -0.1) is 0 Å². The van der Waals surface area contributed by atoms with E-state index >= 15 is 0 Å². The molecule has 0 spiro atoms. The molecule has 5 nitrogen and oxygen atoms in total. The van der Waals surface area contributed by atoms with Gasteiger partial charge in [0.25, 0.3) is 0 Å². The summed E-state index contributed by atoms with van der Waals surface area (Å²) in [5.74, 6) is -3.03. The fourth-order valence-corrected chi connectivity index (χ4v) is 8.75. The highest BCUT2D eigenvalue weighted by molar-refractivity contribution is 7.92. The highest BCUT2D eigenvalue weighted by Crippen LogP contribution is 2.56. The zero-order valence-corrected chi connectivity index (χ0v) is 23.1. The molecule has 3 aromatic rings. The number of halogens is 9. The molecule has 1 fully saturated rings. The van der Waals surface area contributed by atoms with Crippen molar-refractivity contribution in [2.45, 2.75) is 59.5 Å². The maximum absolute atomic E-state index is 14.9. The third-order valence-corrected chi connectivity index (χ3v) is 11.0. The lowest BCUT2D eigenvalue weighted by Crippen LogP contribution is -2.52. The summed E-state index contributed by atoms with van der Waals surface area (Å²) >= 11 is 0. The first-order chi connectivity index (χ1) is 20.3. The number of carboxylic acids is 1. The zero-order chi connectivity index (χ0) is 32.5. The van der Waals surface area contributed by atoms with Crippen molar-refractivity contribution in [1.82, 2.24) is 4.90 Å². The Hall–Kier alpha value is -3.59. The lowest BCUT2D eigenvalue weighted by molar-refractivity contribution is -0.348. The number of hydrogen-bond acceptors (Lipinski definition) is 4. The van der Waals surface area contributed by atoms with Crippen molar-refractivity contribution in [2.24, 2.45) is 0 Å². The van der Waals surface area contributed by atoms with E-state index in [-0.39, 0.29) is 65.6 Å². The van der Waals surface area contributed by atoms with Crippen LogP contribution in [0.15, 0.2) is 65.6 Å². The summed E-state index contributed by atoms with van der Waals surface area (Å²) in [4.78, 5) is 12.4. The quantitative estimate of drug-likeness (QED) is 0.234. The lowest BCUT2D eigenvalue weighted by atomic mass is 9.76. The van der Waals surface area contributed by atoms with Crippen LogP contribution in [0.2, 0.25) is 0 Å². The van der Waals surface area contributed by atoms with Crippen molar-refractivity contribution >= 4 is 15.8 Å². The van der Waals surface area contributed by atoms with E-state index < -0.39 is 61.8 Å². The molecule has 0 radical (unpaired) electrons. The molecule has 15 heteroatoms. The fourth-order valence-electron chi connectivity index (χ4n) is 6.36. The monoisotopic (exact) mass is 651 g/mol. The van der Waals surface area contributed by atoms with E-state index in [1.807, 2.05) is 0 Å². The molecular formula is C29H22F9NO4S. The molecule has 0 bridgehead atoms. The molecule has 236 valence electrons. The van der Waals surface area contributed by atoms with Gasteiger partial charge in [-0.3, -0.25) is 4.90 Å². The van der Waals surface area contributed by atoms with Gasteiger partial charge in [0.05, 0.1) is 10.5 Å². The van der Waals surface area contributed by atoms with Crippen LogP contribution >= 0.6 is 0 Å². The SMILES string of the molecule is O=C(O)c1ccc(CN2CC[C@]3(S(=O)(=O)c4ccc(F)cc4)c4ccc(C(F)(C(F)(F)F)C(F)(F)F)cc4CC[C@H]23)c(F)c1. The van der Waals surface area contributed by atoms with Crippen molar-refractivity contribution in [3.05, 3.63) is 100 Å². The van der Waals surface area contributed by atoms with Crippen LogP contribution in [0.4, 0.5) is 39.5 Å². The Morgan fingerprint density at radius 1 is 0.909 bits per heavy atom. The molecule has 0 unspecified atom stereocenters. The van der Waals surface area contributed by atoms with Crippen LogP contribution in [0, 0.1) is 11.6 Å². The minimum Gasteiger partial charge on any atom is -0.478 e. The van der Waals surface area contributed by atoms with Gasteiger partial charge in [-0.2, -0.15) is 26.3 Å². The molecule has 1 aliphatic carbocycles. The Morgan fingerprint density at radius 2 is 1.55 bits per heavy atom. The summed E-state index contributed by atoms with van der Waals surface area (Å²) in [6, 6.07) is 7.30. The minimum atomic E-state index is -6.38. The number of fused-ring (bicyclic) bond motifs is 3. The first-order valence-electron chi connectivity index (χ1n) is 13.1. The van der Waals surface area contributed by atoms with Gasteiger partial charge in [0.2, 0.25) is 0 Å². The summed E-state index contributed by atoms with van der Waals surface area (Å²) < 4.78 is 151. The number of aromatic carboxylic acids is 1. The lowest BCUT2D eigenvalue weighted by Gasteiger charge is -2.43. The van der Waals surface area contributed by atoms with Gasteiger partial charge in [-0.1, -0.05) is 24.3 Å². The smallest absolute Gasteiger partial charge is 0.435 e. The van der Waals surface area contributed by atoms with E-state index in [4.69, 9.17) is 5.11 Å². The van der Waals surface area contributed by atoms with Crippen molar-refractivity contribution in [2.75, 3.05) is 6.54 Å². The number of nitrogens with zero attached hydrogens (tertiary/aromatic N) is 1. The van der Waals surface area contributed by atoms with E-state index in [1.54, 1.807) is 4.90 Å². The van der Waals surface area contributed by atoms with E-state index in [1.165, 1.54) is 6.07 Å². The molecule has 0 saturated carbocycles. The third kappa shape index (κ3) is 4.75. The van der Waals surface area contributed by atoms with E-state index in [0.717, 1.165) is 42.5 Å². The number of benzene rings is 3. The number of rotatable bonds is 6. The predicted molar refractivity (Wildman–Crippen MR) is 137 cm³/mol. The molecule has 2 aliphatic rings. The van der Waals surface area contributed by atoms with Crippen molar-refractivity contribution < 1.29 is 57.8 Å². The van der Waals surface area contributed by atoms with Crippen LogP contribution < -0.4 is 0 Å². The Bertz CT molecular complexity index is 1710. The maximum Gasteiger partial charge on any atom is 0.435 e. The summed E-state index contributed by atoms with van der Waals surface area (Å²) in [5, 5.41) is 9.12. The Morgan fingerprint density at radius 3 is 2.11 bits per heavy atom. The summed E-state index contributed by atoms with van der Waals surface area (Å²) in [7, 11) is -4.57. The first-order valence-corrected chi connectivity index (χ1v) is 14.5. The molecule has 1 aliphatic heterocycles. The van der Waals surface area contributed by atoms with Gasteiger partial charge in [-0.05, 0) is 66.8 Å². The van der Waals surface area contributed by atoms with Gasteiger partial charge in [0.1, 0.15) is 16.4 Å². The number of sulfone groups is 1. The maximum atomic E-state index is 14.9. The zero-order valence-electron chi connectivity index (χ0n) is 22.3. The second-order valence-corrected chi connectivity index (χ2v) is 13.0. The minimum absolute atomic E-state index is 0.0173. The highest BCUT2D eigenvalue weighted by atomic mass is 32.2. The highest BCUT2D eigenvalue weighted by Gasteiger charge is 2.73. The van der Waals surface area contributed by atoms with Crippen LogP contribution in [-0.2, 0) is 33.2 Å². The van der Waals surface area contributed by atoms with Crippen molar-refractivity contribution in [3.8, 4) is 0 Å². The van der Waals surface area contributed by atoms with Gasteiger partial charge in [0, 0.05) is 30.3 Å². The van der Waals surface area contributed by atoms with Gasteiger partial charge in [-0.25, -0.2) is 26.4 Å². The molecule has 1 saturated heterocycles. The first kappa shape index (κ1) is 31.8. The second kappa shape index (κ2) is 10.5. The second-order valence-electron chi connectivity index (χ2n) is 10.8. The Kier molecular flexibility index (Phi) is 7.59. The number of hydrogen-bond donors (Lipinski definition) is 1. The van der Waals surface area contributed by atoms with Gasteiger partial charge in [0.15, 0.2) is 9.84 Å². The average Bonchev–Trinajstić information content (AvgIpc) is 3.32. The molecule has 1 heterocycles. The predicted octanol–water partition coefficient (Wildman–Crippen LogP) is 6.84. The molecule has 0 aromatic heterocycles. The number of aryl methyl sites for hydroxylation is 1. The number of alkyl halides is 7.